The highest BCUT2D eigenvalue weighted by molar-refractivity contribution is 7.22. The number of carbonyl (C=O) groups is 1. The number of fused-ring (bicyclic) bond motifs is 1. The van der Waals surface area contributed by atoms with Crippen LogP contribution in [0.15, 0.2) is 48.5 Å². The zero-order valence-electron chi connectivity index (χ0n) is 19.4. The molecule has 0 aliphatic carbocycles. The maximum absolute atomic E-state index is 13.0. The summed E-state index contributed by atoms with van der Waals surface area (Å²) >= 11 is 1.70. The summed E-state index contributed by atoms with van der Waals surface area (Å²) in [6.07, 6.45) is 1.41. The topological polar surface area (TPSA) is 54.3 Å². The quantitative estimate of drug-likeness (QED) is 0.444. The summed E-state index contributed by atoms with van der Waals surface area (Å²) in [4.78, 5) is 22.3. The molecule has 0 spiro atoms. The van der Waals surface area contributed by atoms with Crippen LogP contribution in [-0.2, 0) is 11.2 Å². The van der Waals surface area contributed by atoms with Gasteiger partial charge in [0.1, 0.15) is 0 Å². The molecule has 1 amide bonds. The molecule has 170 valence electrons. The molecule has 2 aromatic heterocycles. The first-order chi connectivity index (χ1) is 16.0. The standard InChI is InChI=1S/C26H29N5OS/c1-18-9-11-22(12-10-18)31-25-24(20(3)28-31)33-26(27-25)30-14-6-13-29(15-16-30)23(32)17-21-8-5-4-7-19(21)2/h4-5,7-12H,6,13-17H2,1-3H3. The maximum atomic E-state index is 13.0. The Bertz CT molecular complexity index is 1290. The SMILES string of the molecule is Cc1ccc(-n2nc(C)c3sc(N4CCCN(C(=O)Cc5ccccc5C)CC4)nc32)cc1. The second-order valence-corrected chi connectivity index (χ2v) is 9.78. The van der Waals surface area contributed by atoms with Gasteiger partial charge in [-0.25, -0.2) is 4.68 Å². The Morgan fingerprint density at radius 1 is 0.970 bits per heavy atom. The van der Waals surface area contributed by atoms with Crippen LogP contribution < -0.4 is 4.90 Å². The van der Waals surface area contributed by atoms with Crippen LogP contribution in [0.2, 0.25) is 0 Å². The third kappa shape index (κ3) is 4.37. The fourth-order valence-corrected chi connectivity index (χ4v) is 5.40. The number of rotatable bonds is 4. The molecule has 0 atom stereocenters. The predicted molar refractivity (Wildman–Crippen MR) is 135 cm³/mol. The third-order valence-electron chi connectivity index (χ3n) is 6.38. The average Bonchev–Trinajstić information content (AvgIpc) is 3.26. The van der Waals surface area contributed by atoms with Gasteiger partial charge in [-0.2, -0.15) is 10.1 Å². The van der Waals surface area contributed by atoms with E-state index in [0.717, 1.165) is 65.0 Å². The molecule has 33 heavy (non-hydrogen) atoms. The molecule has 1 saturated heterocycles. The first-order valence-electron chi connectivity index (χ1n) is 11.5. The Labute approximate surface area is 198 Å². The second kappa shape index (κ2) is 8.98. The molecule has 6 nitrogen and oxygen atoms in total. The van der Waals surface area contributed by atoms with Crippen molar-refractivity contribution in [1.29, 1.82) is 0 Å². The largest absolute Gasteiger partial charge is 0.346 e. The Balaban J connectivity index is 1.32. The minimum atomic E-state index is 0.210. The normalized spacial score (nSPS) is 14.6. The van der Waals surface area contributed by atoms with Gasteiger partial charge in [-0.3, -0.25) is 4.79 Å². The van der Waals surface area contributed by atoms with E-state index in [9.17, 15) is 4.79 Å². The van der Waals surface area contributed by atoms with Crippen LogP contribution >= 0.6 is 11.3 Å². The molecule has 0 saturated carbocycles. The summed E-state index contributed by atoms with van der Waals surface area (Å²) in [5.41, 5.74) is 6.45. The van der Waals surface area contributed by atoms with E-state index in [0.29, 0.717) is 6.42 Å². The van der Waals surface area contributed by atoms with Crippen molar-refractivity contribution in [2.75, 3.05) is 31.1 Å². The van der Waals surface area contributed by atoms with Crippen molar-refractivity contribution in [3.05, 3.63) is 70.9 Å². The van der Waals surface area contributed by atoms with Gasteiger partial charge in [0.05, 0.1) is 22.5 Å². The number of hydrogen-bond acceptors (Lipinski definition) is 5. The molecule has 0 N–H and O–H groups in total. The molecular weight excluding hydrogens is 430 g/mol. The molecule has 1 aliphatic rings. The van der Waals surface area contributed by atoms with Gasteiger partial charge in [-0.1, -0.05) is 53.3 Å². The molecule has 7 heteroatoms. The summed E-state index contributed by atoms with van der Waals surface area (Å²) in [5, 5.41) is 5.74. The Morgan fingerprint density at radius 2 is 1.76 bits per heavy atom. The summed E-state index contributed by atoms with van der Waals surface area (Å²) in [6, 6.07) is 16.5. The van der Waals surface area contributed by atoms with E-state index in [1.54, 1.807) is 11.3 Å². The van der Waals surface area contributed by atoms with E-state index in [1.165, 1.54) is 11.1 Å². The maximum Gasteiger partial charge on any atom is 0.227 e. The van der Waals surface area contributed by atoms with Gasteiger partial charge in [-0.15, -0.1) is 0 Å². The number of aromatic nitrogens is 3. The van der Waals surface area contributed by atoms with Gasteiger partial charge in [0, 0.05) is 26.2 Å². The van der Waals surface area contributed by atoms with E-state index in [1.807, 2.05) is 28.6 Å². The highest BCUT2D eigenvalue weighted by atomic mass is 32.1. The number of hydrogen-bond donors (Lipinski definition) is 0. The van der Waals surface area contributed by atoms with Crippen molar-refractivity contribution in [1.82, 2.24) is 19.7 Å². The van der Waals surface area contributed by atoms with E-state index in [2.05, 4.69) is 55.1 Å². The van der Waals surface area contributed by atoms with Crippen LogP contribution in [0, 0.1) is 20.8 Å². The van der Waals surface area contributed by atoms with Gasteiger partial charge in [0.15, 0.2) is 10.8 Å². The van der Waals surface area contributed by atoms with Crippen molar-refractivity contribution in [2.45, 2.75) is 33.6 Å². The van der Waals surface area contributed by atoms with Crippen LogP contribution in [0.1, 0.15) is 28.8 Å². The van der Waals surface area contributed by atoms with Crippen LogP contribution in [0.4, 0.5) is 5.13 Å². The molecule has 1 aliphatic heterocycles. The smallest absolute Gasteiger partial charge is 0.227 e. The lowest BCUT2D eigenvalue weighted by Gasteiger charge is -2.22. The van der Waals surface area contributed by atoms with Crippen LogP contribution in [0.3, 0.4) is 0 Å². The summed E-state index contributed by atoms with van der Waals surface area (Å²) < 4.78 is 3.07. The third-order valence-corrected chi connectivity index (χ3v) is 7.59. The minimum Gasteiger partial charge on any atom is -0.346 e. The predicted octanol–water partition coefficient (Wildman–Crippen LogP) is 4.69. The van der Waals surface area contributed by atoms with Gasteiger partial charge in [-0.05, 0) is 50.5 Å². The summed E-state index contributed by atoms with van der Waals surface area (Å²) in [7, 11) is 0. The molecule has 5 rings (SSSR count). The molecule has 1 fully saturated rings. The highest BCUT2D eigenvalue weighted by Crippen LogP contribution is 2.33. The average molecular weight is 460 g/mol. The van der Waals surface area contributed by atoms with Crippen LogP contribution in [-0.4, -0.2) is 51.8 Å². The zero-order chi connectivity index (χ0) is 22.9. The van der Waals surface area contributed by atoms with E-state index < -0.39 is 0 Å². The monoisotopic (exact) mass is 459 g/mol. The first kappa shape index (κ1) is 21.6. The van der Waals surface area contributed by atoms with E-state index in [-0.39, 0.29) is 5.91 Å². The summed E-state index contributed by atoms with van der Waals surface area (Å²) in [6.45, 7) is 9.42. The number of thiazole rings is 1. The molecule has 4 aromatic rings. The van der Waals surface area contributed by atoms with Crippen LogP contribution in [0.25, 0.3) is 16.0 Å². The molecule has 3 heterocycles. The number of anilines is 1. The lowest BCUT2D eigenvalue weighted by atomic mass is 10.1. The molecule has 0 radical (unpaired) electrons. The number of nitrogens with zero attached hydrogens (tertiary/aromatic N) is 5. The van der Waals surface area contributed by atoms with Crippen LogP contribution in [0.5, 0.6) is 0 Å². The Hall–Kier alpha value is -3.19. The Kier molecular flexibility index (Phi) is 5.89. The molecule has 2 aromatic carbocycles. The fourth-order valence-electron chi connectivity index (χ4n) is 4.37. The first-order valence-corrected chi connectivity index (χ1v) is 12.3. The lowest BCUT2D eigenvalue weighted by Crippen LogP contribution is -2.36. The second-order valence-electron chi connectivity index (χ2n) is 8.81. The van der Waals surface area contributed by atoms with Crippen molar-refractivity contribution in [2.24, 2.45) is 0 Å². The van der Waals surface area contributed by atoms with Crippen molar-refractivity contribution < 1.29 is 4.79 Å². The lowest BCUT2D eigenvalue weighted by molar-refractivity contribution is -0.130. The zero-order valence-corrected chi connectivity index (χ0v) is 20.2. The van der Waals surface area contributed by atoms with E-state index in [4.69, 9.17) is 10.1 Å². The highest BCUT2D eigenvalue weighted by Gasteiger charge is 2.23. The van der Waals surface area contributed by atoms with Gasteiger partial charge >= 0.3 is 0 Å². The van der Waals surface area contributed by atoms with Crippen molar-refractivity contribution in [3.63, 3.8) is 0 Å². The number of benzene rings is 2. The number of aryl methyl sites for hydroxylation is 3. The van der Waals surface area contributed by atoms with Gasteiger partial charge in [0.2, 0.25) is 5.91 Å². The minimum absolute atomic E-state index is 0.210. The number of amides is 1. The molecule has 0 bridgehead atoms. The van der Waals surface area contributed by atoms with Gasteiger partial charge < -0.3 is 9.80 Å². The van der Waals surface area contributed by atoms with Gasteiger partial charge in [0.25, 0.3) is 0 Å². The molecule has 0 unspecified atom stereocenters. The fraction of sp³-hybridized carbons (Fsp3) is 0.346. The Morgan fingerprint density at radius 3 is 2.55 bits per heavy atom. The summed E-state index contributed by atoms with van der Waals surface area (Å²) in [5.74, 6) is 0.210. The number of carbonyl (C=O) groups excluding carboxylic acids is 1. The molecular formula is C26H29N5OS. The van der Waals surface area contributed by atoms with E-state index >= 15 is 0 Å². The van der Waals surface area contributed by atoms with Crippen molar-refractivity contribution >= 4 is 32.7 Å². The van der Waals surface area contributed by atoms with Crippen molar-refractivity contribution in [3.8, 4) is 5.69 Å².